The zero-order chi connectivity index (χ0) is 16.4. The van der Waals surface area contributed by atoms with E-state index in [1.54, 1.807) is 22.7 Å². The standard InChI is InChI=1S/C18H18N2O2S/c1-12(2)23-16-10-6-3-7-13(16)18(22)20-11-17(21)19-14-8-4-5-9-15(14)20/h3-10,12H,11H2,1-2H3,(H,19,21). The van der Waals surface area contributed by atoms with Crippen molar-refractivity contribution in [3.05, 3.63) is 54.1 Å². The maximum Gasteiger partial charge on any atom is 0.259 e. The van der Waals surface area contributed by atoms with Crippen LogP contribution in [0.3, 0.4) is 0 Å². The average molecular weight is 326 g/mol. The lowest BCUT2D eigenvalue weighted by Crippen LogP contribution is -2.42. The van der Waals surface area contributed by atoms with E-state index in [1.807, 2.05) is 42.5 Å². The van der Waals surface area contributed by atoms with Gasteiger partial charge in [0.15, 0.2) is 0 Å². The summed E-state index contributed by atoms with van der Waals surface area (Å²) in [7, 11) is 0. The van der Waals surface area contributed by atoms with Crippen LogP contribution < -0.4 is 10.2 Å². The van der Waals surface area contributed by atoms with Gasteiger partial charge in [0.1, 0.15) is 6.54 Å². The first kappa shape index (κ1) is 15.6. The van der Waals surface area contributed by atoms with Gasteiger partial charge in [0, 0.05) is 10.1 Å². The van der Waals surface area contributed by atoms with Crippen molar-refractivity contribution >= 4 is 35.0 Å². The predicted molar refractivity (Wildman–Crippen MR) is 94.2 cm³/mol. The molecule has 118 valence electrons. The molecule has 1 aliphatic heterocycles. The number of para-hydroxylation sites is 2. The second-order valence-corrected chi connectivity index (χ2v) is 7.24. The van der Waals surface area contributed by atoms with Crippen molar-refractivity contribution in [3.63, 3.8) is 0 Å². The molecule has 3 rings (SSSR count). The molecule has 0 spiro atoms. The quantitative estimate of drug-likeness (QED) is 0.873. The van der Waals surface area contributed by atoms with Crippen LogP contribution in [0, 0.1) is 0 Å². The molecule has 0 atom stereocenters. The second kappa shape index (κ2) is 6.46. The summed E-state index contributed by atoms with van der Waals surface area (Å²) in [6, 6.07) is 14.9. The zero-order valence-electron chi connectivity index (χ0n) is 13.1. The molecule has 0 bridgehead atoms. The van der Waals surface area contributed by atoms with E-state index in [0.29, 0.717) is 16.5 Å². The van der Waals surface area contributed by atoms with Crippen LogP contribution in [0.25, 0.3) is 0 Å². The molecule has 0 fully saturated rings. The van der Waals surface area contributed by atoms with Gasteiger partial charge in [-0.15, -0.1) is 11.8 Å². The molecule has 1 aliphatic rings. The fourth-order valence-corrected chi connectivity index (χ4v) is 3.51. The van der Waals surface area contributed by atoms with Crippen molar-refractivity contribution < 1.29 is 9.59 Å². The van der Waals surface area contributed by atoms with Gasteiger partial charge in [-0.05, 0) is 24.3 Å². The summed E-state index contributed by atoms with van der Waals surface area (Å²) in [4.78, 5) is 27.5. The molecular weight excluding hydrogens is 308 g/mol. The number of rotatable bonds is 3. The molecule has 2 amide bonds. The van der Waals surface area contributed by atoms with Crippen molar-refractivity contribution in [2.24, 2.45) is 0 Å². The molecule has 23 heavy (non-hydrogen) atoms. The third-order valence-electron chi connectivity index (χ3n) is 3.50. The van der Waals surface area contributed by atoms with Crippen LogP contribution in [-0.4, -0.2) is 23.6 Å². The number of nitrogens with zero attached hydrogens (tertiary/aromatic N) is 1. The largest absolute Gasteiger partial charge is 0.323 e. The van der Waals surface area contributed by atoms with Gasteiger partial charge in [0.05, 0.1) is 16.9 Å². The summed E-state index contributed by atoms with van der Waals surface area (Å²) in [5.41, 5.74) is 2.04. The highest BCUT2D eigenvalue weighted by Crippen LogP contribution is 2.33. The van der Waals surface area contributed by atoms with E-state index in [4.69, 9.17) is 0 Å². The molecule has 0 unspecified atom stereocenters. The lowest BCUT2D eigenvalue weighted by molar-refractivity contribution is -0.115. The van der Waals surface area contributed by atoms with Crippen molar-refractivity contribution in [1.82, 2.24) is 0 Å². The van der Waals surface area contributed by atoms with Crippen molar-refractivity contribution in [2.75, 3.05) is 16.8 Å². The Morgan fingerprint density at radius 2 is 1.83 bits per heavy atom. The lowest BCUT2D eigenvalue weighted by atomic mass is 10.1. The molecule has 0 saturated carbocycles. The molecule has 5 heteroatoms. The molecule has 1 N–H and O–H groups in total. The summed E-state index contributed by atoms with van der Waals surface area (Å²) in [6.45, 7) is 4.22. The van der Waals surface area contributed by atoms with Crippen LogP contribution >= 0.6 is 11.8 Å². The Morgan fingerprint density at radius 3 is 2.61 bits per heavy atom. The van der Waals surface area contributed by atoms with Gasteiger partial charge in [-0.1, -0.05) is 38.1 Å². The van der Waals surface area contributed by atoms with Crippen LogP contribution in [0.1, 0.15) is 24.2 Å². The minimum absolute atomic E-state index is 0.0382. The Hall–Kier alpha value is -2.27. The second-order valence-electron chi connectivity index (χ2n) is 5.62. The number of anilines is 2. The summed E-state index contributed by atoms with van der Waals surface area (Å²) in [5.74, 6) is -0.318. The lowest BCUT2D eigenvalue weighted by Gasteiger charge is -2.29. The van der Waals surface area contributed by atoms with Gasteiger partial charge in [-0.3, -0.25) is 14.5 Å². The van der Waals surface area contributed by atoms with Gasteiger partial charge >= 0.3 is 0 Å². The monoisotopic (exact) mass is 326 g/mol. The minimum atomic E-state index is -0.175. The number of thioether (sulfide) groups is 1. The number of hydrogen-bond acceptors (Lipinski definition) is 3. The van der Waals surface area contributed by atoms with Crippen molar-refractivity contribution in [1.29, 1.82) is 0 Å². The maximum absolute atomic E-state index is 13.0. The predicted octanol–water partition coefficient (Wildman–Crippen LogP) is 3.79. The molecular formula is C18H18N2O2S. The number of fused-ring (bicyclic) bond motifs is 1. The van der Waals surface area contributed by atoms with Crippen molar-refractivity contribution in [3.8, 4) is 0 Å². The third-order valence-corrected chi connectivity index (χ3v) is 4.58. The highest BCUT2D eigenvalue weighted by Gasteiger charge is 2.28. The number of carbonyl (C=O) groups is 2. The molecule has 2 aromatic rings. The van der Waals surface area contributed by atoms with Crippen LogP contribution in [0.2, 0.25) is 0 Å². The van der Waals surface area contributed by atoms with Gasteiger partial charge in [0.25, 0.3) is 5.91 Å². The van der Waals surface area contributed by atoms with Gasteiger partial charge in [-0.25, -0.2) is 0 Å². The van der Waals surface area contributed by atoms with E-state index in [0.717, 1.165) is 10.6 Å². The Labute approximate surface area is 139 Å². The summed E-state index contributed by atoms with van der Waals surface area (Å²) < 4.78 is 0. The smallest absolute Gasteiger partial charge is 0.259 e. The highest BCUT2D eigenvalue weighted by atomic mass is 32.2. The summed E-state index contributed by atoms with van der Waals surface area (Å²) >= 11 is 1.65. The summed E-state index contributed by atoms with van der Waals surface area (Å²) in [5, 5.41) is 3.18. The number of carbonyl (C=O) groups excluding carboxylic acids is 2. The van der Waals surface area contributed by atoms with Crippen LogP contribution in [0.15, 0.2) is 53.4 Å². The highest BCUT2D eigenvalue weighted by molar-refractivity contribution is 8.00. The first-order valence-electron chi connectivity index (χ1n) is 7.52. The Morgan fingerprint density at radius 1 is 1.13 bits per heavy atom. The third kappa shape index (κ3) is 3.24. The minimum Gasteiger partial charge on any atom is -0.323 e. The summed E-state index contributed by atoms with van der Waals surface area (Å²) in [6.07, 6.45) is 0. The fourth-order valence-electron chi connectivity index (χ4n) is 2.56. The van der Waals surface area contributed by atoms with Gasteiger partial charge < -0.3 is 5.32 Å². The molecule has 4 nitrogen and oxygen atoms in total. The molecule has 0 aliphatic carbocycles. The zero-order valence-corrected chi connectivity index (χ0v) is 13.9. The topological polar surface area (TPSA) is 49.4 Å². The molecule has 1 heterocycles. The number of hydrogen-bond donors (Lipinski definition) is 1. The molecule has 0 aromatic heterocycles. The Balaban J connectivity index is 2.00. The van der Waals surface area contributed by atoms with E-state index in [9.17, 15) is 9.59 Å². The fraction of sp³-hybridized carbons (Fsp3) is 0.222. The average Bonchev–Trinajstić information content (AvgIpc) is 2.53. The van der Waals surface area contributed by atoms with E-state index < -0.39 is 0 Å². The molecule has 0 saturated heterocycles. The SMILES string of the molecule is CC(C)Sc1ccccc1C(=O)N1CC(=O)Nc2ccccc21. The maximum atomic E-state index is 13.0. The number of amides is 2. The number of benzene rings is 2. The van der Waals surface area contributed by atoms with Crippen LogP contribution in [-0.2, 0) is 4.79 Å². The van der Waals surface area contributed by atoms with E-state index >= 15 is 0 Å². The Bertz CT molecular complexity index is 758. The van der Waals surface area contributed by atoms with Gasteiger partial charge in [-0.2, -0.15) is 0 Å². The Kier molecular flexibility index (Phi) is 4.39. The van der Waals surface area contributed by atoms with E-state index in [-0.39, 0.29) is 18.4 Å². The molecule has 2 aromatic carbocycles. The first-order chi connectivity index (χ1) is 11.1. The first-order valence-corrected chi connectivity index (χ1v) is 8.40. The van der Waals surface area contributed by atoms with E-state index in [2.05, 4.69) is 19.2 Å². The number of nitrogens with one attached hydrogen (secondary N) is 1. The van der Waals surface area contributed by atoms with Crippen molar-refractivity contribution in [2.45, 2.75) is 24.0 Å². The van der Waals surface area contributed by atoms with Crippen LogP contribution in [0.5, 0.6) is 0 Å². The van der Waals surface area contributed by atoms with Gasteiger partial charge in [0.2, 0.25) is 5.91 Å². The normalized spacial score (nSPS) is 13.7. The van der Waals surface area contributed by atoms with E-state index in [1.165, 1.54) is 0 Å². The van der Waals surface area contributed by atoms with Crippen LogP contribution in [0.4, 0.5) is 11.4 Å². The molecule has 0 radical (unpaired) electrons.